The maximum Gasteiger partial charge on any atom is 0.247 e. The van der Waals surface area contributed by atoms with Gasteiger partial charge in [0.05, 0.1) is 4.90 Å². The van der Waals surface area contributed by atoms with Crippen molar-refractivity contribution in [3.8, 4) is 0 Å². The van der Waals surface area contributed by atoms with Crippen molar-refractivity contribution >= 4 is 21.4 Å². The Bertz CT molecular complexity index is 474. The number of anilines is 1. The Morgan fingerprint density at radius 1 is 1.33 bits per heavy atom. The van der Waals surface area contributed by atoms with Crippen LogP contribution < -0.4 is 5.32 Å². The normalized spacial score (nSPS) is 10.7. The second kappa shape index (κ2) is 4.27. The summed E-state index contributed by atoms with van der Waals surface area (Å²) in [6, 6.07) is 5.93. The van der Waals surface area contributed by atoms with Gasteiger partial charge in [0.2, 0.25) is 5.91 Å². The van der Waals surface area contributed by atoms with Gasteiger partial charge in [0, 0.05) is 11.9 Å². The van der Waals surface area contributed by atoms with Gasteiger partial charge in [-0.3, -0.25) is 4.79 Å². The van der Waals surface area contributed by atoms with Crippen LogP contribution in [-0.2, 0) is 14.6 Å². The topological polar surface area (TPSA) is 63.2 Å². The molecule has 5 heteroatoms. The molecule has 0 fully saturated rings. The summed E-state index contributed by atoms with van der Waals surface area (Å²) in [7, 11) is -3.19. The third kappa shape index (κ3) is 3.21. The van der Waals surface area contributed by atoms with Crippen molar-refractivity contribution in [2.24, 2.45) is 0 Å². The number of hydrogen-bond donors (Lipinski definition) is 1. The molecule has 0 aliphatic rings. The molecule has 0 unspecified atom stereocenters. The predicted octanol–water partition coefficient (Wildman–Crippen LogP) is 1.21. The highest BCUT2D eigenvalue weighted by atomic mass is 32.2. The fourth-order valence-corrected chi connectivity index (χ4v) is 1.61. The van der Waals surface area contributed by atoms with Crippen LogP contribution in [0.25, 0.3) is 0 Å². The van der Waals surface area contributed by atoms with Gasteiger partial charge in [0.25, 0.3) is 0 Å². The molecule has 0 atom stereocenters. The van der Waals surface area contributed by atoms with Gasteiger partial charge in [-0.05, 0) is 30.3 Å². The molecule has 0 bridgehead atoms. The second-order valence-electron chi connectivity index (χ2n) is 2.99. The van der Waals surface area contributed by atoms with Crippen LogP contribution in [0.4, 0.5) is 5.69 Å². The Morgan fingerprint density at radius 3 is 2.27 bits per heavy atom. The van der Waals surface area contributed by atoms with E-state index in [0.717, 1.165) is 12.3 Å². The molecule has 15 heavy (non-hydrogen) atoms. The highest BCUT2D eigenvalue weighted by molar-refractivity contribution is 7.90. The Labute approximate surface area is 88.5 Å². The van der Waals surface area contributed by atoms with Gasteiger partial charge in [0.15, 0.2) is 9.84 Å². The third-order valence-electron chi connectivity index (χ3n) is 1.74. The predicted molar refractivity (Wildman–Crippen MR) is 58.4 cm³/mol. The molecule has 1 aromatic carbocycles. The molecule has 0 radical (unpaired) electrons. The van der Waals surface area contributed by atoms with Crippen molar-refractivity contribution in [3.05, 3.63) is 36.9 Å². The lowest BCUT2D eigenvalue weighted by Crippen LogP contribution is -2.07. The molecule has 4 nitrogen and oxygen atoms in total. The number of benzene rings is 1. The lowest BCUT2D eigenvalue weighted by molar-refractivity contribution is -0.111. The summed E-state index contributed by atoms with van der Waals surface area (Å²) in [6.45, 7) is 3.31. The summed E-state index contributed by atoms with van der Waals surface area (Å²) in [5.41, 5.74) is 0.535. The maximum absolute atomic E-state index is 11.1. The fraction of sp³-hybridized carbons (Fsp3) is 0.100. The van der Waals surface area contributed by atoms with Crippen LogP contribution >= 0.6 is 0 Å². The number of hydrogen-bond acceptors (Lipinski definition) is 3. The van der Waals surface area contributed by atoms with Crippen LogP contribution in [-0.4, -0.2) is 20.6 Å². The van der Waals surface area contributed by atoms with E-state index >= 15 is 0 Å². The van der Waals surface area contributed by atoms with E-state index in [-0.39, 0.29) is 10.8 Å². The first kappa shape index (κ1) is 11.5. The average Bonchev–Trinajstić information content (AvgIpc) is 2.17. The van der Waals surface area contributed by atoms with Crippen molar-refractivity contribution in [2.45, 2.75) is 4.90 Å². The highest BCUT2D eigenvalue weighted by Crippen LogP contribution is 2.13. The van der Waals surface area contributed by atoms with E-state index in [0.29, 0.717) is 5.69 Å². The van der Waals surface area contributed by atoms with Gasteiger partial charge in [-0.2, -0.15) is 0 Å². The number of sulfone groups is 1. The number of carbonyl (C=O) groups is 1. The Balaban J connectivity index is 2.91. The Hall–Kier alpha value is -1.62. The molecule has 0 aromatic heterocycles. The molecule has 0 aliphatic carbocycles. The molecule has 80 valence electrons. The second-order valence-corrected chi connectivity index (χ2v) is 5.01. The van der Waals surface area contributed by atoms with Crippen molar-refractivity contribution in [1.82, 2.24) is 0 Å². The molecule has 0 spiro atoms. The molecule has 0 saturated carbocycles. The van der Waals surface area contributed by atoms with Crippen molar-refractivity contribution < 1.29 is 13.2 Å². The average molecular weight is 225 g/mol. The summed E-state index contributed by atoms with van der Waals surface area (Å²) >= 11 is 0. The third-order valence-corrected chi connectivity index (χ3v) is 2.86. The first-order chi connectivity index (χ1) is 6.93. The SMILES string of the molecule is C=CC(=O)Nc1ccc(S(C)(=O)=O)cc1. The molecular formula is C10H11NO3S. The number of carbonyl (C=O) groups excluding carboxylic acids is 1. The van der Waals surface area contributed by atoms with Gasteiger partial charge in [0.1, 0.15) is 0 Å². The minimum absolute atomic E-state index is 0.221. The Morgan fingerprint density at radius 2 is 1.87 bits per heavy atom. The van der Waals surface area contributed by atoms with Gasteiger partial charge in [-0.15, -0.1) is 0 Å². The fourth-order valence-electron chi connectivity index (χ4n) is 0.979. The first-order valence-corrected chi connectivity index (χ1v) is 6.06. The number of nitrogens with one attached hydrogen (secondary N) is 1. The van der Waals surface area contributed by atoms with Gasteiger partial charge >= 0.3 is 0 Å². The monoisotopic (exact) mass is 225 g/mol. The van der Waals surface area contributed by atoms with Crippen LogP contribution in [0.15, 0.2) is 41.8 Å². The minimum Gasteiger partial charge on any atom is -0.323 e. The summed E-state index contributed by atoms with van der Waals surface area (Å²) in [6.07, 6.45) is 2.27. The summed E-state index contributed by atoms with van der Waals surface area (Å²) in [4.78, 5) is 11.1. The van der Waals surface area contributed by atoms with E-state index in [1.54, 1.807) is 0 Å². The maximum atomic E-state index is 11.1. The van der Waals surface area contributed by atoms with E-state index in [1.807, 2.05) is 0 Å². The van der Waals surface area contributed by atoms with Gasteiger partial charge in [-0.25, -0.2) is 8.42 Å². The number of rotatable bonds is 3. The Kier molecular flexibility index (Phi) is 3.26. The molecule has 0 saturated heterocycles. The lowest BCUT2D eigenvalue weighted by atomic mass is 10.3. The lowest BCUT2D eigenvalue weighted by Gasteiger charge is -2.02. The summed E-state index contributed by atoms with van der Waals surface area (Å²) in [5.74, 6) is -0.331. The minimum atomic E-state index is -3.19. The van der Waals surface area contributed by atoms with Crippen LogP contribution in [0.1, 0.15) is 0 Å². The molecular weight excluding hydrogens is 214 g/mol. The van der Waals surface area contributed by atoms with Gasteiger partial charge in [-0.1, -0.05) is 6.58 Å². The van der Waals surface area contributed by atoms with E-state index < -0.39 is 9.84 Å². The van der Waals surface area contributed by atoms with Gasteiger partial charge < -0.3 is 5.32 Å². The van der Waals surface area contributed by atoms with Crippen LogP contribution in [0.2, 0.25) is 0 Å². The summed E-state index contributed by atoms with van der Waals surface area (Å²) < 4.78 is 22.2. The van der Waals surface area contributed by atoms with Crippen LogP contribution in [0, 0.1) is 0 Å². The summed E-state index contributed by atoms with van der Waals surface area (Å²) in [5, 5.41) is 2.52. The zero-order valence-corrected chi connectivity index (χ0v) is 9.04. The largest absolute Gasteiger partial charge is 0.323 e. The number of amides is 1. The van der Waals surface area contributed by atoms with E-state index in [4.69, 9.17) is 0 Å². The smallest absolute Gasteiger partial charge is 0.247 e. The zero-order valence-electron chi connectivity index (χ0n) is 8.23. The molecule has 0 heterocycles. The molecule has 1 N–H and O–H groups in total. The molecule has 1 aromatic rings. The molecule has 0 aliphatic heterocycles. The van der Waals surface area contributed by atoms with Crippen molar-refractivity contribution in [2.75, 3.05) is 11.6 Å². The molecule has 1 amide bonds. The standard InChI is InChI=1S/C10H11NO3S/c1-3-10(12)11-8-4-6-9(7-5-8)15(2,13)14/h3-7H,1H2,2H3,(H,11,12). The van der Waals surface area contributed by atoms with Crippen LogP contribution in [0.3, 0.4) is 0 Å². The molecule has 1 rings (SSSR count). The quantitative estimate of drug-likeness (QED) is 0.786. The van der Waals surface area contributed by atoms with Crippen molar-refractivity contribution in [3.63, 3.8) is 0 Å². The first-order valence-electron chi connectivity index (χ1n) is 4.17. The zero-order chi connectivity index (χ0) is 11.5. The van der Waals surface area contributed by atoms with Crippen molar-refractivity contribution in [1.29, 1.82) is 0 Å². The highest BCUT2D eigenvalue weighted by Gasteiger charge is 2.06. The van der Waals surface area contributed by atoms with E-state index in [9.17, 15) is 13.2 Å². The van der Waals surface area contributed by atoms with Crippen LogP contribution in [0.5, 0.6) is 0 Å². The van der Waals surface area contributed by atoms with E-state index in [2.05, 4.69) is 11.9 Å². The van der Waals surface area contributed by atoms with E-state index in [1.165, 1.54) is 24.3 Å².